The van der Waals surface area contributed by atoms with Crippen LogP contribution >= 0.6 is 0 Å². The Morgan fingerprint density at radius 3 is 2.79 bits per heavy atom. The Labute approximate surface area is 158 Å². The summed E-state index contributed by atoms with van der Waals surface area (Å²) in [6.45, 7) is 2.23. The van der Waals surface area contributed by atoms with Crippen LogP contribution in [0.15, 0.2) is 16.7 Å². The molecule has 2 aromatic rings. The first-order valence-electron chi connectivity index (χ1n) is 8.61. The summed E-state index contributed by atoms with van der Waals surface area (Å²) in [5.74, 6) is 0.141. The molecule has 0 aromatic carbocycles. The molecule has 8 nitrogen and oxygen atoms in total. The van der Waals surface area contributed by atoms with Crippen LogP contribution in [0.4, 0.5) is 19.0 Å². The lowest BCUT2D eigenvalue weighted by Crippen LogP contribution is -2.41. The molecule has 0 spiro atoms. The van der Waals surface area contributed by atoms with Gasteiger partial charge in [-0.25, -0.2) is 4.98 Å². The molecule has 3 rings (SSSR count). The molecular weight excluding hydrogens is 377 g/mol. The molecule has 1 atom stereocenters. The molecule has 2 aromatic heterocycles. The third kappa shape index (κ3) is 4.39. The number of aryl methyl sites for hydroxylation is 1. The quantitative estimate of drug-likeness (QED) is 0.849. The topological polar surface area (TPSA) is 108 Å². The van der Waals surface area contributed by atoms with Crippen molar-refractivity contribution in [3.05, 3.63) is 35.1 Å². The van der Waals surface area contributed by atoms with Gasteiger partial charge in [-0.15, -0.1) is 0 Å². The van der Waals surface area contributed by atoms with Gasteiger partial charge in [-0.1, -0.05) is 5.16 Å². The first-order valence-corrected chi connectivity index (χ1v) is 8.61. The molecule has 1 unspecified atom stereocenters. The molecule has 3 heterocycles. The molecule has 0 bridgehead atoms. The van der Waals surface area contributed by atoms with E-state index >= 15 is 0 Å². The van der Waals surface area contributed by atoms with E-state index in [1.807, 2.05) is 0 Å². The summed E-state index contributed by atoms with van der Waals surface area (Å²) >= 11 is 0. The average molecular weight is 394 g/mol. The fourth-order valence-corrected chi connectivity index (χ4v) is 2.95. The summed E-state index contributed by atoms with van der Waals surface area (Å²) in [6, 6.07) is 2.77. The lowest BCUT2D eigenvalue weighted by Gasteiger charge is -2.24. The van der Waals surface area contributed by atoms with Crippen molar-refractivity contribution in [3.8, 4) is 6.07 Å². The highest BCUT2D eigenvalue weighted by Crippen LogP contribution is 2.30. The smallest absolute Gasteiger partial charge is 0.357 e. The number of carbonyl (C=O) groups excluding carboxylic acids is 1. The van der Waals surface area contributed by atoms with Crippen molar-refractivity contribution < 1.29 is 22.5 Å². The molecule has 1 amide bonds. The Bertz CT molecular complexity index is 905. The highest BCUT2D eigenvalue weighted by molar-refractivity contribution is 5.85. The van der Waals surface area contributed by atoms with E-state index in [-0.39, 0.29) is 29.7 Å². The number of nitrogens with zero attached hydrogens (tertiary/aromatic N) is 5. The third-order valence-electron chi connectivity index (χ3n) is 4.29. The number of alkyl halides is 3. The SMILES string of the molecule is Cc1noc(CN2CCCCC(Nc3nc(C(F)(F)F)ccc3C#N)C2=O)n1. The van der Waals surface area contributed by atoms with E-state index in [9.17, 15) is 23.2 Å². The van der Waals surface area contributed by atoms with Crippen molar-refractivity contribution in [3.63, 3.8) is 0 Å². The van der Waals surface area contributed by atoms with E-state index in [1.165, 1.54) is 4.90 Å². The minimum absolute atomic E-state index is 0.0656. The molecule has 1 N–H and O–H groups in total. The van der Waals surface area contributed by atoms with Crippen LogP contribution in [0.1, 0.15) is 42.2 Å². The van der Waals surface area contributed by atoms with E-state index in [1.54, 1.807) is 13.0 Å². The van der Waals surface area contributed by atoms with Gasteiger partial charge in [0.15, 0.2) is 5.82 Å². The fraction of sp³-hybridized carbons (Fsp3) is 0.471. The summed E-state index contributed by atoms with van der Waals surface area (Å²) in [5, 5.41) is 15.6. The number of nitriles is 1. The van der Waals surface area contributed by atoms with E-state index < -0.39 is 17.9 Å². The number of likely N-dealkylation sites (tertiary alicyclic amines) is 1. The number of pyridine rings is 1. The first-order chi connectivity index (χ1) is 13.3. The van der Waals surface area contributed by atoms with Crippen molar-refractivity contribution in [2.75, 3.05) is 11.9 Å². The van der Waals surface area contributed by atoms with Crippen molar-refractivity contribution in [1.29, 1.82) is 5.26 Å². The Hall–Kier alpha value is -3.16. The Morgan fingerprint density at radius 2 is 2.14 bits per heavy atom. The summed E-state index contributed by atoms with van der Waals surface area (Å²) in [4.78, 5) is 22.0. The second-order valence-corrected chi connectivity index (χ2v) is 6.39. The van der Waals surface area contributed by atoms with E-state index in [0.717, 1.165) is 18.6 Å². The highest BCUT2D eigenvalue weighted by atomic mass is 19.4. The molecule has 0 aliphatic carbocycles. The third-order valence-corrected chi connectivity index (χ3v) is 4.29. The van der Waals surface area contributed by atoms with Crippen LogP contribution in [0.3, 0.4) is 0 Å². The maximum Gasteiger partial charge on any atom is 0.433 e. The number of anilines is 1. The van der Waals surface area contributed by atoms with Gasteiger partial charge in [0.05, 0.1) is 5.56 Å². The van der Waals surface area contributed by atoms with Gasteiger partial charge in [0, 0.05) is 6.54 Å². The van der Waals surface area contributed by atoms with Crippen molar-refractivity contribution in [1.82, 2.24) is 20.0 Å². The molecule has 1 aliphatic heterocycles. The number of hydrogen-bond donors (Lipinski definition) is 1. The van der Waals surface area contributed by atoms with Crippen LogP contribution in [0.5, 0.6) is 0 Å². The maximum atomic E-state index is 13.0. The zero-order chi connectivity index (χ0) is 20.3. The average Bonchev–Trinajstić information content (AvgIpc) is 2.98. The molecule has 28 heavy (non-hydrogen) atoms. The van der Waals surface area contributed by atoms with Gasteiger partial charge in [-0.3, -0.25) is 4.79 Å². The van der Waals surface area contributed by atoms with Gasteiger partial charge in [0.25, 0.3) is 0 Å². The van der Waals surface area contributed by atoms with Crippen LogP contribution in [0, 0.1) is 18.3 Å². The lowest BCUT2D eigenvalue weighted by molar-refractivity contribution is -0.141. The van der Waals surface area contributed by atoms with Gasteiger partial charge >= 0.3 is 6.18 Å². The predicted molar refractivity (Wildman–Crippen MR) is 89.7 cm³/mol. The Balaban J connectivity index is 1.82. The number of carbonyl (C=O) groups is 1. The monoisotopic (exact) mass is 394 g/mol. The number of halogens is 3. The van der Waals surface area contributed by atoms with Crippen molar-refractivity contribution >= 4 is 11.7 Å². The second kappa shape index (κ2) is 7.84. The van der Waals surface area contributed by atoms with Crippen LogP contribution < -0.4 is 5.32 Å². The van der Waals surface area contributed by atoms with Crippen LogP contribution in [0.2, 0.25) is 0 Å². The summed E-state index contributed by atoms with van der Waals surface area (Å²) in [7, 11) is 0. The molecule has 0 saturated carbocycles. The standard InChI is InChI=1S/C17H17F3N6O2/c1-10-22-14(28-25-10)9-26-7-3-2-4-12(16(26)27)23-15-11(8-21)5-6-13(24-15)17(18,19)20/h5-6,12H,2-4,7,9H2,1H3,(H,23,24). The minimum atomic E-state index is -4.65. The van der Waals surface area contributed by atoms with E-state index in [2.05, 4.69) is 20.4 Å². The normalized spacial score (nSPS) is 17.9. The zero-order valence-corrected chi connectivity index (χ0v) is 15.0. The number of amides is 1. The van der Waals surface area contributed by atoms with Gasteiger partial charge in [0.2, 0.25) is 11.8 Å². The maximum absolute atomic E-state index is 13.0. The fourth-order valence-electron chi connectivity index (χ4n) is 2.95. The first kappa shape index (κ1) is 19.6. The Kier molecular flexibility index (Phi) is 5.48. The highest BCUT2D eigenvalue weighted by Gasteiger charge is 2.34. The van der Waals surface area contributed by atoms with E-state index in [0.29, 0.717) is 25.2 Å². The van der Waals surface area contributed by atoms with Gasteiger partial charge in [0.1, 0.15) is 30.2 Å². The molecular formula is C17H17F3N6O2. The lowest BCUT2D eigenvalue weighted by atomic mass is 10.1. The minimum Gasteiger partial charge on any atom is -0.357 e. The number of hydrogen-bond acceptors (Lipinski definition) is 7. The van der Waals surface area contributed by atoms with Crippen molar-refractivity contribution in [2.24, 2.45) is 0 Å². The predicted octanol–water partition coefficient (Wildman–Crippen LogP) is 2.66. The molecule has 1 saturated heterocycles. The largest absolute Gasteiger partial charge is 0.433 e. The summed E-state index contributed by atoms with van der Waals surface area (Å²) in [5.41, 5.74) is -1.20. The van der Waals surface area contributed by atoms with Crippen LogP contribution in [0.25, 0.3) is 0 Å². The number of aromatic nitrogens is 3. The molecule has 0 radical (unpaired) electrons. The van der Waals surface area contributed by atoms with Gasteiger partial charge < -0.3 is 14.7 Å². The van der Waals surface area contributed by atoms with Gasteiger partial charge in [-0.2, -0.15) is 23.4 Å². The second-order valence-electron chi connectivity index (χ2n) is 6.39. The van der Waals surface area contributed by atoms with Crippen LogP contribution in [-0.2, 0) is 17.5 Å². The van der Waals surface area contributed by atoms with Crippen molar-refractivity contribution in [2.45, 2.75) is 44.9 Å². The summed E-state index contributed by atoms with van der Waals surface area (Å²) in [6.07, 6.45) is -2.84. The molecule has 11 heteroatoms. The molecule has 1 fully saturated rings. The zero-order valence-electron chi connectivity index (χ0n) is 15.0. The summed E-state index contributed by atoms with van der Waals surface area (Å²) < 4.78 is 43.9. The number of nitrogens with one attached hydrogen (secondary N) is 1. The van der Waals surface area contributed by atoms with E-state index in [4.69, 9.17) is 4.52 Å². The number of rotatable bonds is 4. The van der Waals surface area contributed by atoms with Crippen LogP contribution in [-0.4, -0.2) is 38.5 Å². The molecule has 148 valence electrons. The van der Waals surface area contributed by atoms with Gasteiger partial charge in [-0.05, 0) is 38.3 Å². The Morgan fingerprint density at radius 1 is 1.36 bits per heavy atom. The molecule has 1 aliphatic rings.